The molecular formula is C13H15F3Zr. The Morgan fingerprint density at radius 2 is 1.65 bits per heavy atom. The molecule has 0 unspecified atom stereocenters. The Kier molecular flexibility index (Phi) is 13.6. The number of rotatable bonds is 3. The van der Waals surface area contributed by atoms with Crippen LogP contribution in [0.5, 0.6) is 0 Å². The second kappa shape index (κ2) is 10.6. The summed E-state index contributed by atoms with van der Waals surface area (Å²) in [5.41, 5.74) is 1.51. The summed E-state index contributed by atoms with van der Waals surface area (Å²) >= 11 is 0. The van der Waals surface area contributed by atoms with Crippen LogP contribution in [0.25, 0.3) is 10.8 Å². The molecule has 0 N–H and O–H groups in total. The normalized spacial score (nSPS) is 8.29. The molecule has 4 heteroatoms. The Labute approximate surface area is 119 Å². The van der Waals surface area contributed by atoms with Gasteiger partial charge in [0.2, 0.25) is 0 Å². The van der Waals surface area contributed by atoms with E-state index in [0.717, 1.165) is 0 Å². The summed E-state index contributed by atoms with van der Waals surface area (Å²) in [6, 6.07) is 13.1. The van der Waals surface area contributed by atoms with Crippen molar-refractivity contribution >= 4 is 10.8 Å². The quantitative estimate of drug-likeness (QED) is 0.497. The molecule has 17 heavy (non-hydrogen) atoms. The summed E-state index contributed by atoms with van der Waals surface area (Å²) < 4.78 is 0. The van der Waals surface area contributed by atoms with Crippen LogP contribution in [0, 0.1) is 0 Å². The van der Waals surface area contributed by atoms with Crippen LogP contribution in [0.4, 0.5) is 0 Å². The molecule has 0 saturated heterocycles. The van der Waals surface area contributed by atoms with Gasteiger partial charge in [-0.2, -0.15) is 6.07 Å². The van der Waals surface area contributed by atoms with E-state index in [-0.39, 0.29) is 40.3 Å². The van der Waals surface area contributed by atoms with Crippen LogP contribution in [0.3, 0.4) is 0 Å². The van der Waals surface area contributed by atoms with Crippen molar-refractivity contribution < 1.29 is 40.3 Å². The number of benzene rings is 1. The van der Waals surface area contributed by atoms with Gasteiger partial charge in [-0.05, 0) is 0 Å². The SMILES string of the molecule is CCCC[c-]1ccc2ccccc21.[F-].[F-].[F-].[Zr+4]. The van der Waals surface area contributed by atoms with Crippen molar-refractivity contribution in [3.05, 3.63) is 42.0 Å². The van der Waals surface area contributed by atoms with Crippen LogP contribution in [0.1, 0.15) is 25.3 Å². The van der Waals surface area contributed by atoms with Gasteiger partial charge in [-0.15, -0.1) is 40.6 Å². The van der Waals surface area contributed by atoms with Crippen LogP contribution in [-0.4, -0.2) is 0 Å². The summed E-state index contributed by atoms with van der Waals surface area (Å²) in [5.74, 6) is 0. The molecule has 0 spiro atoms. The summed E-state index contributed by atoms with van der Waals surface area (Å²) in [6.07, 6.45) is 3.80. The van der Waals surface area contributed by atoms with Crippen LogP contribution < -0.4 is 14.1 Å². The van der Waals surface area contributed by atoms with Gasteiger partial charge in [0, 0.05) is 0 Å². The van der Waals surface area contributed by atoms with Crippen molar-refractivity contribution in [2.45, 2.75) is 26.2 Å². The number of hydrogen-bond acceptors (Lipinski definition) is 0. The fraction of sp³-hybridized carbons (Fsp3) is 0.308. The van der Waals surface area contributed by atoms with Gasteiger partial charge in [-0.25, -0.2) is 0 Å². The summed E-state index contributed by atoms with van der Waals surface area (Å²) in [4.78, 5) is 0. The molecule has 2 aromatic carbocycles. The van der Waals surface area contributed by atoms with Crippen LogP contribution in [0.15, 0.2) is 36.4 Å². The Morgan fingerprint density at radius 3 is 2.29 bits per heavy atom. The third kappa shape index (κ3) is 5.12. The van der Waals surface area contributed by atoms with Gasteiger partial charge < -0.3 is 14.1 Å². The van der Waals surface area contributed by atoms with E-state index in [1.165, 1.54) is 35.6 Å². The van der Waals surface area contributed by atoms with Crippen LogP contribution in [-0.2, 0) is 32.6 Å². The third-order valence-electron chi connectivity index (χ3n) is 2.57. The molecule has 0 heterocycles. The number of fused-ring (bicyclic) bond motifs is 1. The fourth-order valence-electron chi connectivity index (χ4n) is 1.80. The van der Waals surface area contributed by atoms with Crippen LogP contribution in [0.2, 0.25) is 0 Å². The molecule has 0 aromatic heterocycles. The predicted octanol–water partition coefficient (Wildman–Crippen LogP) is -5.09. The van der Waals surface area contributed by atoms with Crippen molar-refractivity contribution in [1.82, 2.24) is 0 Å². The smallest absolute Gasteiger partial charge is 1.00 e. The van der Waals surface area contributed by atoms with E-state index in [9.17, 15) is 0 Å². The molecule has 0 nitrogen and oxygen atoms in total. The first-order valence-electron chi connectivity index (χ1n) is 5.05. The monoisotopic (exact) mass is 318 g/mol. The molecule has 0 radical (unpaired) electrons. The Hall–Kier alpha value is -0.497. The van der Waals surface area contributed by atoms with Crippen molar-refractivity contribution in [1.29, 1.82) is 0 Å². The molecule has 0 atom stereocenters. The molecule has 92 valence electrons. The molecule has 0 saturated carbocycles. The van der Waals surface area contributed by atoms with E-state index in [1.807, 2.05) is 0 Å². The third-order valence-corrected chi connectivity index (χ3v) is 2.57. The summed E-state index contributed by atoms with van der Waals surface area (Å²) in [5, 5.41) is 2.82. The second-order valence-corrected chi connectivity index (χ2v) is 3.55. The predicted molar refractivity (Wildman–Crippen MR) is 58.2 cm³/mol. The minimum absolute atomic E-state index is 0. The standard InChI is InChI=1S/C13H15.3FH.Zr/c1-2-3-6-11-9-10-12-7-4-5-8-13(11)12;;;;/h4-5,7-10H,2-3,6H2,1H3;3*1H;/q-1;;;;+4/p-3. The first kappa shape index (κ1) is 21.8. The summed E-state index contributed by atoms with van der Waals surface area (Å²) in [7, 11) is 0. The number of halogens is 3. The topological polar surface area (TPSA) is 0 Å². The van der Waals surface area contributed by atoms with Crippen LogP contribution >= 0.6 is 0 Å². The first-order chi connectivity index (χ1) is 6.42. The fourth-order valence-corrected chi connectivity index (χ4v) is 1.80. The molecule has 0 amide bonds. The number of hydrogen-bond donors (Lipinski definition) is 0. The molecule has 0 bridgehead atoms. The minimum Gasteiger partial charge on any atom is -1.00 e. The average Bonchev–Trinajstić information content (AvgIpc) is 2.58. The van der Waals surface area contributed by atoms with Gasteiger partial charge in [0.1, 0.15) is 0 Å². The zero-order chi connectivity index (χ0) is 9.10. The molecule has 2 rings (SSSR count). The zero-order valence-corrected chi connectivity index (χ0v) is 12.2. The average molecular weight is 319 g/mol. The first-order valence-corrected chi connectivity index (χ1v) is 5.05. The van der Waals surface area contributed by atoms with Crippen molar-refractivity contribution in [2.24, 2.45) is 0 Å². The Morgan fingerprint density at radius 1 is 1.00 bits per heavy atom. The maximum Gasteiger partial charge on any atom is 4.00 e. The molecule has 0 aliphatic rings. The van der Waals surface area contributed by atoms with Gasteiger partial charge >= 0.3 is 26.2 Å². The maximum absolute atomic E-state index is 2.26. The van der Waals surface area contributed by atoms with Gasteiger partial charge in [-0.3, -0.25) is 0 Å². The van der Waals surface area contributed by atoms with Gasteiger partial charge in [0.15, 0.2) is 0 Å². The van der Waals surface area contributed by atoms with E-state index in [1.54, 1.807) is 0 Å². The zero-order valence-electron chi connectivity index (χ0n) is 9.72. The number of aryl methyl sites for hydroxylation is 1. The molecule has 2 aromatic rings. The Bertz CT molecular complexity index is 398. The minimum atomic E-state index is 0. The van der Waals surface area contributed by atoms with Crippen molar-refractivity contribution in [3.63, 3.8) is 0 Å². The van der Waals surface area contributed by atoms with Gasteiger partial charge in [0.25, 0.3) is 0 Å². The second-order valence-electron chi connectivity index (χ2n) is 3.55. The Balaban J connectivity index is -0.000000490. The van der Waals surface area contributed by atoms with E-state index in [0.29, 0.717) is 0 Å². The van der Waals surface area contributed by atoms with Crippen molar-refractivity contribution in [2.75, 3.05) is 0 Å². The van der Waals surface area contributed by atoms with E-state index < -0.39 is 0 Å². The molecule has 0 aliphatic carbocycles. The maximum atomic E-state index is 2.26. The molecule has 0 fully saturated rings. The van der Waals surface area contributed by atoms with E-state index in [2.05, 4.69) is 43.3 Å². The van der Waals surface area contributed by atoms with Gasteiger partial charge in [0.05, 0.1) is 0 Å². The summed E-state index contributed by atoms with van der Waals surface area (Å²) in [6.45, 7) is 2.24. The van der Waals surface area contributed by atoms with Crippen molar-refractivity contribution in [3.8, 4) is 0 Å². The largest absolute Gasteiger partial charge is 4.00 e. The van der Waals surface area contributed by atoms with Gasteiger partial charge in [-0.1, -0.05) is 32.3 Å². The van der Waals surface area contributed by atoms with E-state index in [4.69, 9.17) is 0 Å². The number of unbranched alkanes of at least 4 members (excludes halogenated alkanes) is 1. The molecule has 0 aliphatic heterocycles. The van der Waals surface area contributed by atoms with E-state index >= 15 is 0 Å². The molecular weight excluding hydrogens is 304 g/mol.